The molecule has 0 aromatic heterocycles. The average molecular weight is 354 g/mol. The summed E-state index contributed by atoms with van der Waals surface area (Å²) >= 11 is 3.52. The topological polar surface area (TPSA) is 46.2 Å². The van der Waals surface area contributed by atoms with E-state index < -0.39 is 6.10 Å². The van der Waals surface area contributed by atoms with Gasteiger partial charge < -0.3 is 10.8 Å². The summed E-state index contributed by atoms with van der Waals surface area (Å²) in [6, 6.07) is 6.13. The lowest BCUT2D eigenvalue weighted by Crippen LogP contribution is -2.40. The molecular weight excluding hydrogens is 326 g/mol. The van der Waals surface area contributed by atoms with Gasteiger partial charge in [-0.25, -0.2) is 0 Å². The van der Waals surface area contributed by atoms with Crippen molar-refractivity contribution in [1.82, 2.24) is 0 Å². The van der Waals surface area contributed by atoms with Gasteiger partial charge in [-0.1, -0.05) is 41.9 Å². The van der Waals surface area contributed by atoms with E-state index >= 15 is 0 Å². The van der Waals surface area contributed by atoms with Crippen LogP contribution in [0.5, 0.6) is 0 Å². The quantitative estimate of drug-likeness (QED) is 0.831. The molecule has 1 unspecified atom stereocenters. The van der Waals surface area contributed by atoms with Gasteiger partial charge in [-0.05, 0) is 61.6 Å². The second kappa shape index (κ2) is 6.80. The van der Waals surface area contributed by atoms with Gasteiger partial charge in [-0.2, -0.15) is 0 Å². The molecule has 0 bridgehead atoms. The van der Waals surface area contributed by atoms with Crippen molar-refractivity contribution in [3.8, 4) is 0 Å². The summed E-state index contributed by atoms with van der Waals surface area (Å²) in [5.74, 6) is 1.51. The molecule has 1 aliphatic carbocycles. The molecule has 1 atom stereocenters. The number of nitrogens with two attached hydrogens (primary N) is 1. The fraction of sp³-hybridized carbons (Fsp3) is 0.667. The summed E-state index contributed by atoms with van der Waals surface area (Å²) < 4.78 is 1.09. The van der Waals surface area contributed by atoms with Crippen LogP contribution in [0, 0.1) is 24.2 Å². The molecule has 21 heavy (non-hydrogen) atoms. The number of aliphatic hydroxyl groups excluding tert-OH is 1. The predicted molar refractivity (Wildman–Crippen MR) is 92.1 cm³/mol. The molecule has 0 aliphatic heterocycles. The minimum Gasteiger partial charge on any atom is -0.388 e. The molecule has 118 valence electrons. The fourth-order valence-electron chi connectivity index (χ4n) is 3.66. The highest BCUT2D eigenvalue weighted by Gasteiger charge is 2.41. The first-order valence-electron chi connectivity index (χ1n) is 8.04. The molecule has 0 saturated heterocycles. The van der Waals surface area contributed by atoms with E-state index in [4.69, 9.17) is 5.73 Å². The van der Waals surface area contributed by atoms with E-state index in [0.29, 0.717) is 6.54 Å². The first-order chi connectivity index (χ1) is 9.89. The van der Waals surface area contributed by atoms with Crippen molar-refractivity contribution in [2.24, 2.45) is 23.0 Å². The van der Waals surface area contributed by atoms with Gasteiger partial charge in [0.2, 0.25) is 0 Å². The highest BCUT2D eigenvalue weighted by Crippen LogP contribution is 2.48. The van der Waals surface area contributed by atoms with Crippen molar-refractivity contribution < 1.29 is 5.11 Å². The third-order valence-corrected chi connectivity index (χ3v) is 6.34. The van der Waals surface area contributed by atoms with Crippen LogP contribution in [0.2, 0.25) is 0 Å². The number of aryl methyl sites for hydroxylation is 1. The average Bonchev–Trinajstić information content (AvgIpc) is 2.49. The van der Waals surface area contributed by atoms with Gasteiger partial charge >= 0.3 is 0 Å². The molecule has 1 aromatic carbocycles. The molecular formula is C18H28BrNO. The lowest BCUT2D eigenvalue weighted by Gasteiger charge is -2.44. The molecule has 0 heterocycles. The van der Waals surface area contributed by atoms with Crippen molar-refractivity contribution in [1.29, 1.82) is 0 Å². The second-order valence-corrected chi connectivity index (χ2v) is 7.91. The zero-order valence-corrected chi connectivity index (χ0v) is 15.0. The highest BCUT2D eigenvalue weighted by atomic mass is 79.9. The Hall–Kier alpha value is -0.380. The smallest absolute Gasteiger partial charge is 0.0858 e. The van der Waals surface area contributed by atoms with Crippen molar-refractivity contribution >= 4 is 15.9 Å². The highest BCUT2D eigenvalue weighted by molar-refractivity contribution is 9.10. The lowest BCUT2D eigenvalue weighted by molar-refractivity contribution is -0.0148. The fourth-order valence-corrected chi connectivity index (χ4v) is 3.91. The first kappa shape index (κ1) is 17.0. The summed E-state index contributed by atoms with van der Waals surface area (Å²) in [6.45, 7) is 7.22. The van der Waals surface area contributed by atoms with Gasteiger partial charge in [0.05, 0.1) is 6.10 Å². The summed E-state index contributed by atoms with van der Waals surface area (Å²) in [7, 11) is 0. The van der Waals surface area contributed by atoms with Crippen molar-refractivity contribution in [3.63, 3.8) is 0 Å². The molecule has 3 N–H and O–H groups in total. The Labute approximate surface area is 137 Å². The third-order valence-electron chi connectivity index (χ3n) is 5.45. The molecule has 2 nitrogen and oxygen atoms in total. The van der Waals surface area contributed by atoms with E-state index in [1.54, 1.807) is 0 Å². The second-order valence-electron chi connectivity index (χ2n) is 7.06. The molecule has 1 saturated carbocycles. The molecule has 2 rings (SSSR count). The van der Waals surface area contributed by atoms with Gasteiger partial charge in [-0.3, -0.25) is 0 Å². The molecule has 0 radical (unpaired) electrons. The minimum absolute atomic E-state index is 0.147. The Balaban J connectivity index is 2.18. The van der Waals surface area contributed by atoms with Gasteiger partial charge in [0, 0.05) is 16.4 Å². The molecule has 3 heteroatoms. The van der Waals surface area contributed by atoms with Gasteiger partial charge in [0.1, 0.15) is 0 Å². The van der Waals surface area contributed by atoms with Crippen LogP contribution in [0.3, 0.4) is 0 Å². The maximum Gasteiger partial charge on any atom is 0.0858 e. The molecule has 1 aromatic rings. The van der Waals surface area contributed by atoms with E-state index in [2.05, 4.69) is 42.8 Å². The monoisotopic (exact) mass is 353 g/mol. The van der Waals surface area contributed by atoms with Crippen LogP contribution in [-0.4, -0.2) is 11.7 Å². The summed E-state index contributed by atoms with van der Waals surface area (Å²) in [5, 5.41) is 10.9. The maximum absolute atomic E-state index is 10.9. The Morgan fingerprint density at radius 1 is 1.33 bits per heavy atom. The molecule has 0 amide bonds. The van der Waals surface area contributed by atoms with Crippen molar-refractivity contribution in [2.75, 3.05) is 6.54 Å². The van der Waals surface area contributed by atoms with Gasteiger partial charge in [0.25, 0.3) is 0 Å². The van der Waals surface area contributed by atoms with Crippen LogP contribution in [0.4, 0.5) is 0 Å². The van der Waals surface area contributed by atoms with Crippen LogP contribution in [0.15, 0.2) is 22.7 Å². The number of hydrogen-bond donors (Lipinski definition) is 2. The van der Waals surface area contributed by atoms with E-state index in [-0.39, 0.29) is 5.41 Å². The van der Waals surface area contributed by atoms with Crippen LogP contribution < -0.4 is 5.73 Å². The zero-order valence-electron chi connectivity index (χ0n) is 13.4. The Morgan fingerprint density at radius 2 is 1.95 bits per heavy atom. The van der Waals surface area contributed by atoms with E-state index in [9.17, 15) is 5.11 Å². The molecule has 0 spiro atoms. The largest absolute Gasteiger partial charge is 0.388 e. The number of aliphatic hydroxyl groups is 1. The van der Waals surface area contributed by atoms with E-state index in [1.807, 2.05) is 12.1 Å². The number of benzene rings is 1. The number of hydrogen-bond acceptors (Lipinski definition) is 2. The van der Waals surface area contributed by atoms with Crippen LogP contribution in [0.1, 0.15) is 56.8 Å². The van der Waals surface area contributed by atoms with Crippen LogP contribution in [-0.2, 0) is 0 Å². The van der Waals surface area contributed by atoms with E-state index in [0.717, 1.165) is 40.3 Å². The predicted octanol–water partition coefficient (Wildman–Crippen LogP) is 4.58. The summed E-state index contributed by atoms with van der Waals surface area (Å²) in [4.78, 5) is 0. The normalized spacial score (nSPS) is 27.9. The van der Waals surface area contributed by atoms with Crippen LogP contribution >= 0.6 is 15.9 Å². The van der Waals surface area contributed by atoms with Crippen LogP contribution in [0.25, 0.3) is 0 Å². The lowest BCUT2D eigenvalue weighted by atomic mass is 9.64. The standard InChI is InChI=1S/C18H28BrNO/c1-12(2)14-6-8-18(11-20,9-7-14)17(21)15-4-5-16(19)13(3)10-15/h4-5,10,12,14,17,21H,6-9,11,20H2,1-3H3. The summed E-state index contributed by atoms with van der Waals surface area (Å²) in [6.07, 6.45) is 3.97. The van der Waals surface area contributed by atoms with Crippen molar-refractivity contribution in [2.45, 2.75) is 52.6 Å². The first-order valence-corrected chi connectivity index (χ1v) is 8.83. The summed E-state index contributed by atoms with van der Waals surface area (Å²) in [5.41, 5.74) is 8.12. The van der Waals surface area contributed by atoms with Crippen molar-refractivity contribution in [3.05, 3.63) is 33.8 Å². The third kappa shape index (κ3) is 3.52. The molecule has 1 aliphatic rings. The zero-order chi connectivity index (χ0) is 15.6. The van der Waals surface area contributed by atoms with E-state index in [1.165, 1.54) is 12.8 Å². The van der Waals surface area contributed by atoms with Gasteiger partial charge in [0.15, 0.2) is 0 Å². The number of halogens is 1. The Morgan fingerprint density at radius 3 is 2.43 bits per heavy atom. The maximum atomic E-state index is 10.9. The number of rotatable bonds is 4. The Bertz CT molecular complexity index is 478. The molecule has 1 fully saturated rings. The minimum atomic E-state index is -0.456. The van der Waals surface area contributed by atoms with Gasteiger partial charge in [-0.15, -0.1) is 0 Å². The SMILES string of the molecule is Cc1cc(C(O)C2(CN)CCC(C(C)C)CC2)ccc1Br. The Kier molecular flexibility index (Phi) is 5.50.